The zero-order chi connectivity index (χ0) is 14.1. The maximum absolute atomic E-state index is 12.1. The van der Waals surface area contributed by atoms with Crippen LogP contribution in [-0.4, -0.2) is 36.0 Å². The van der Waals surface area contributed by atoms with E-state index in [0.29, 0.717) is 18.9 Å². The lowest BCUT2D eigenvalue weighted by atomic mass is 9.77. The molecule has 9 heteroatoms. The van der Waals surface area contributed by atoms with Crippen molar-refractivity contribution in [1.82, 2.24) is 14.4 Å². The molecule has 1 aromatic rings. The van der Waals surface area contributed by atoms with Gasteiger partial charge in [0.05, 0.1) is 5.54 Å². The average Bonchev–Trinajstić information content (AvgIpc) is 2.75. The lowest BCUT2D eigenvalue weighted by Crippen LogP contribution is -2.44. The summed E-state index contributed by atoms with van der Waals surface area (Å²) in [4.78, 5) is 4.13. The highest BCUT2D eigenvalue weighted by Gasteiger charge is 2.39. The van der Waals surface area contributed by atoms with E-state index in [4.69, 9.17) is 10.3 Å². The molecule has 2 N–H and O–H groups in total. The molecule has 1 heterocycles. The summed E-state index contributed by atoms with van der Waals surface area (Å²) < 4.78 is 30.5. The third kappa shape index (κ3) is 3.30. The first kappa shape index (κ1) is 17.4. The Morgan fingerprint density at radius 2 is 1.95 bits per heavy atom. The molecule has 7 nitrogen and oxygen atoms in total. The molecular weight excluding hydrogens is 304 g/mol. The van der Waals surface area contributed by atoms with Gasteiger partial charge in [-0.3, -0.25) is 0 Å². The normalized spacial score (nSPS) is 17.6. The number of hydrogen-bond acceptors (Lipinski definition) is 6. The molecule has 0 amide bonds. The van der Waals surface area contributed by atoms with Gasteiger partial charge in [0.2, 0.25) is 15.9 Å². The number of halogens is 1. The topological polar surface area (TPSA) is 102 Å². The van der Waals surface area contributed by atoms with Crippen molar-refractivity contribution in [2.45, 2.75) is 44.4 Å². The predicted molar refractivity (Wildman–Crippen MR) is 76.8 cm³/mol. The molecule has 0 radical (unpaired) electrons. The van der Waals surface area contributed by atoms with Crippen LogP contribution in [-0.2, 0) is 21.3 Å². The minimum absolute atomic E-state index is 0. The monoisotopic (exact) mass is 324 g/mol. The average molecular weight is 325 g/mol. The molecule has 1 aromatic heterocycles. The van der Waals surface area contributed by atoms with Gasteiger partial charge in [-0.05, 0) is 19.3 Å². The second kappa shape index (κ2) is 6.38. The summed E-state index contributed by atoms with van der Waals surface area (Å²) in [5.41, 5.74) is 5.54. The number of rotatable bonds is 6. The fourth-order valence-electron chi connectivity index (χ4n) is 2.16. The van der Waals surface area contributed by atoms with E-state index in [9.17, 15) is 8.42 Å². The molecule has 1 aliphatic carbocycles. The van der Waals surface area contributed by atoms with Crippen molar-refractivity contribution < 1.29 is 12.9 Å². The third-order valence-corrected chi connectivity index (χ3v) is 5.48. The number of sulfonamides is 1. The Balaban J connectivity index is 0.00000200. The minimum Gasteiger partial charge on any atom is -0.338 e. The smallest absolute Gasteiger partial charge is 0.243 e. The zero-order valence-corrected chi connectivity index (χ0v) is 13.3. The maximum Gasteiger partial charge on any atom is 0.243 e. The van der Waals surface area contributed by atoms with E-state index in [1.807, 2.05) is 0 Å². The van der Waals surface area contributed by atoms with Crippen LogP contribution in [0.1, 0.15) is 44.8 Å². The summed E-state index contributed by atoms with van der Waals surface area (Å²) >= 11 is 0. The van der Waals surface area contributed by atoms with Crippen LogP contribution in [0.5, 0.6) is 0 Å². The molecule has 0 spiro atoms. The molecule has 1 aliphatic rings. The van der Waals surface area contributed by atoms with Gasteiger partial charge in [0.1, 0.15) is 5.75 Å². The van der Waals surface area contributed by atoms with E-state index in [-0.39, 0.29) is 24.1 Å². The van der Waals surface area contributed by atoms with Crippen molar-refractivity contribution in [1.29, 1.82) is 0 Å². The van der Waals surface area contributed by atoms with Crippen LogP contribution < -0.4 is 5.73 Å². The van der Waals surface area contributed by atoms with Gasteiger partial charge in [-0.15, -0.1) is 12.4 Å². The molecule has 0 unspecified atom stereocenters. The molecule has 1 fully saturated rings. The fraction of sp³-hybridized carbons (Fsp3) is 0.818. The number of nitrogens with two attached hydrogens (primary N) is 1. The summed E-state index contributed by atoms with van der Waals surface area (Å²) in [6.07, 6.45) is 2.67. The minimum atomic E-state index is -3.40. The van der Waals surface area contributed by atoms with E-state index in [1.54, 1.807) is 13.8 Å². The Hall–Kier alpha value is -0.700. The first-order valence-electron chi connectivity index (χ1n) is 6.51. The molecule has 20 heavy (non-hydrogen) atoms. The van der Waals surface area contributed by atoms with E-state index in [1.165, 1.54) is 4.31 Å². The quantitative estimate of drug-likeness (QED) is 0.837. The van der Waals surface area contributed by atoms with Gasteiger partial charge in [-0.1, -0.05) is 19.0 Å². The number of hydrogen-bond donors (Lipinski definition) is 1. The molecular formula is C11H21ClN4O3S. The Labute approximate surface area is 125 Å². The van der Waals surface area contributed by atoms with Crippen LogP contribution in [0.4, 0.5) is 0 Å². The van der Waals surface area contributed by atoms with Gasteiger partial charge in [0.15, 0.2) is 5.82 Å². The van der Waals surface area contributed by atoms with Crippen molar-refractivity contribution in [3.05, 3.63) is 11.7 Å². The summed E-state index contributed by atoms with van der Waals surface area (Å²) in [7, 11) is -3.40. The zero-order valence-electron chi connectivity index (χ0n) is 11.7. The van der Waals surface area contributed by atoms with Crippen LogP contribution in [0, 0.1) is 0 Å². The Bertz CT molecular complexity index is 538. The number of aromatic nitrogens is 2. The predicted octanol–water partition coefficient (Wildman–Crippen LogP) is 1.00. The van der Waals surface area contributed by atoms with E-state index < -0.39 is 15.6 Å². The largest absolute Gasteiger partial charge is 0.338 e. The summed E-state index contributed by atoms with van der Waals surface area (Å²) in [6.45, 7) is 4.45. The summed E-state index contributed by atoms with van der Waals surface area (Å²) in [6, 6.07) is 0. The molecule has 116 valence electrons. The van der Waals surface area contributed by atoms with E-state index in [2.05, 4.69) is 10.1 Å². The van der Waals surface area contributed by atoms with Crippen LogP contribution in [0.15, 0.2) is 4.52 Å². The molecule has 0 aliphatic heterocycles. The SMILES string of the molecule is CCN(CC)S(=O)(=O)Cc1nc(C2(N)CCC2)no1.Cl. The molecule has 0 bridgehead atoms. The molecule has 0 saturated heterocycles. The maximum atomic E-state index is 12.1. The molecule has 0 atom stereocenters. The van der Waals surface area contributed by atoms with Crippen molar-refractivity contribution >= 4 is 22.4 Å². The van der Waals surface area contributed by atoms with Crippen molar-refractivity contribution in [3.63, 3.8) is 0 Å². The molecule has 1 saturated carbocycles. The first-order valence-corrected chi connectivity index (χ1v) is 8.12. The van der Waals surface area contributed by atoms with Gasteiger partial charge >= 0.3 is 0 Å². The third-order valence-electron chi connectivity index (χ3n) is 3.56. The Morgan fingerprint density at radius 1 is 1.35 bits per heavy atom. The van der Waals surface area contributed by atoms with Gasteiger partial charge in [-0.25, -0.2) is 12.7 Å². The molecule has 0 aromatic carbocycles. The first-order chi connectivity index (χ1) is 8.91. The second-order valence-electron chi connectivity index (χ2n) is 4.86. The Morgan fingerprint density at radius 3 is 2.40 bits per heavy atom. The van der Waals surface area contributed by atoms with Crippen LogP contribution in [0.2, 0.25) is 0 Å². The Kier molecular flexibility index (Phi) is 5.54. The summed E-state index contributed by atoms with van der Waals surface area (Å²) in [5.74, 6) is 0.264. The number of nitrogens with zero attached hydrogens (tertiary/aromatic N) is 3. The van der Waals surface area contributed by atoms with Crippen LogP contribution in [0.3, 0.4) is 0 Å². The highest BCUT2D eigenvalue weighted by Crippen LogP contribution is 2.36. The lowest BCUT2D eigenvalue weighted by molar-refractivity contribution is 0.229. The highest BCUT2D eigenvalue weighted by atomic mass is 35.5. The van der Waals surface area contributed by atoms with Crippen molar-refractivity contribution in [3.8, 4) is 0 Å². The van der Waals surface area contributed by atoms with E-state index >= 15 is 0 Å². The van der Waals surface area contributed by atoms with Gasteiger partial charge in [-0.2, -0.15) is 4.98 Å². The van der Waals surface area contributed by atoms with Crippen molar-refractivity contribution in [2.75, 3.05) is 13.1 Å². The van der Waals surface area contributed by atoms with E-state index in [0.717, 1.165) is 19.3 Å². The van der Waals surface area contributed by atoms with Crippen LogP contribution >= 0.6 is 12.4 Å². The van der Waals surface area contributed by atoms with Gasteiger partial charge < -0.3 is 10.3 Å². The van der Waals surface area contributed by atoms with Crippen LogP contribution in [0.25, 0.3) is 0 Å². The fourth-order valence-corrected chi connectivity index (χ4v) is 3.56. The van der Waals surface area contributed by atoms with Gasteiger partial charge in [0, 0.05) is 13.1 Å². The van der Waals surface area contributed by atoms with Gasteiger partial charge in [0.25, 0.3) is 0 Å². The standard InChI is InChI=1S/C11H20N4O3S.ClH/c1-3-15(4-2)19(16,17)8-9-13-10(14-18-9)11(12)6-5-7-11;/h3-8,12H2,1-2H3;1H. The second-order valence-corrected chi connectivity index (χ2v) is 6.83. The lowest BCUT2D eigenvalue weighted by Gasteiger charge is -2.34. The molecule has 2 rings (SSSR count). The summed E-state index contributed by atoms with van der Waals surface area (Å²) in [5, 5.41) is 3.81. The van der Waals surface area contributed by atoms with Crippen molar-refractivity contribution in [2.24, 2.45) is 5.73 Å². The highest BCUT2D eigenvalue weighted by molar-refractivity contribution is 7.88.